The number of benzene rings is 2. The van der Waals surface area contributed by atoms with Crippen LogP contribution in [0.5, 0.6) is 0 Å². The molecule has 2 rings (SSSR count). The van der Waals surface area contributed by atoms with E-state index in [1.54, 1.807) is 12.1 Å². The predicted molar refractivity (Wildman–Crippen MR) is 78.1 cm³/mol. The number of nitrogens with two attached hydrogens (primary N) is 1. The molecule has 0 aliphatic rings. The molecule has 0 fully saturated rings. The van der Waals surface area contributed by atoms with Gasteiger partial charge in [-0.05, 0) is 36.2 Å². The smallest absolute Gasteiger partial charge is 0.341 e. The van der Waals surface area contributed by atoms with Crippen LogP contribution in [0.4, 0.5) is 4.39 Å². The molecule has 2 N–H and O–H groups in total. The third-order valence-electron chi connectivity index (χ3n) is 3.11. The number of aryl methyl sites for hydroxylation is 1. The molecule has 116 valence electrons. The highest BCUT2D eigenvalue weighted by atomic mass is 32.2. The summed E-state index contributed by atoms with van der Waals surface area (Å²) in [4.78, 5) is 11.6. The zero-order chi connectivity index (χ0) is 16.3. The quantitative estimate of drug-likeness (QED) is 0.873. The van der Waals surface area contributed by atoms with Gasteiger partial charge in [-0.15, -0.1) is 0 Å². The largest absolute Gasteiger partial charge is 0.457 e. The first-order valence-electron chi connectivity index (χ1n) is 6.33. The van der Waals surface area contributed by atoms with Gasteiger partial charge in [0.15, 0.2) is 0 Å². The van der Waals surface area contributed by atoms with Gasteiger partial charge >= 0.3 is 5.97 Å². The van der Waals surface area contributed by atoms with Crippen LogP contribution in [0, 0.1) is 12.7 Å². The Hall–Kier alpha value is -2.25. The maximum Gasteiger partial charge on any atom is 0.341 e. The lowest BCUT2D eigenvalue weighted by Gasteiger charge is -2.08. The molecule has 0 amide bonds. The average Bonchev–Trinajstić information content (AvgIpc) is 2.45. The SMILES string of the molecule is Cc1ccccc1COC(=O)c1cc(S(N)(=O)=O)ccc1F. The van der Waals surface area contributed by atoms with Gasteiger partial charge in [-0.25, -0.2) is 22.7 Å². The second-order valence-electron chi connectivity index (χ2n) is 4.69. The first-order chi connectivity index (χ1) is 10.3. The average molecular weight is 323 g/mol. The number of hydrogen-bond donors (Lipinski definition) is 1. The molecular weight excluding hydrogens is 309 g/mol. The Bertz CT molecular complexity index is 818. The fourth-order valence-electron chi connectivity index (χ4n) is 1.83. The van der Waals surface area contributed by atoms with Gasteiger partial charge in [0, 0.05) is 0 Å². The molecule has 0 atom stereocenters. The van der Waals surface area contributed by atoms with Crippen molar-refractivity contribution in [3.63, 3.8) is 0 Å². The van der Waals surface area contributed by atoms with Crippen molar-refractivity contribution in [3.8, 4) is 0 Å². The summed E-state index contributed by atoms with van der Waals surface area (Å²) in [5, 5.41) is 4.96. The third-order valence-corrected chi connectivity index (χ3v) is 4.02. The number of ether oxygens (including phenoxy) is 1. The highest BCUT2D eigenvalue weighted by Gasteiger charge is 2.18. The number of sulfonamides is 1. The van der Waals surface area contributed by atoms with Crippen LogP contribution in [0.15, 0.2) is 47.4 Å². The lowest BCUT2D eigenvalue weighted by Crippen LogP contribution is -2.15. The summed E-state index contributed by atoms with van der Waals surface area (Å²) in [5.74, 6) is -1.83. The van der Waals surface area contributed by atoms with Crippen LogP contribution in [0.3, 0.4) is 0 Å². The van der Waals surface area contributed by atoms with E-state index in [1.807, 2.05) is 19.1 Å². The van der Waals surface area contributed by atoms with Gasteiger partial charge in [0.05, 0.1) is 10.5 Å². The molecule has 7 heteroatoms. The standard InChI is InChI=1S/C15H14FNO4S/c1-10-4-2-3-5-11(10)9-21-15(18)13-8-12(22(17,19)20)6-7-14(13)16/h2-8H,9H2,1H3,(H2,17,19,20). The Morgan fingerprint density at radius 2 is 1.91 bits per heavy atom. The van der Waals surface area contributed by atoms with E-state index in [9.17, 15) is 17.6 Å². The molecule has 2 aromatic rings. The summed E-state index contributed by atoms with van der Waals surface area (Å²) < 4.78 is 41.2. The number of rotatable bonds is 4. The van der Waals surface area contributed by atoms with Crippen molar-refractivity contribution in [2.75, 3.05) is 0 Å². The molecule has 0 spiro atoms. The Labute approximate surface area is 127 Å². The molecular formula is C15H14FNO4S. The fraction of sp³-hybridized carbons (Fsp3) is 0.133. The van der Waals surface area contributed by atoms with Gasteiger partial charge in [0.25, 0.3) is 0 Å². The van der Waals surface area contributed by atoms with Gasteiger partial charge in [0.1, 0.15) is 12.4 Å². The molecule has 0 aliphatic heterocycles. The van der Waals surface area contributed by atoms with E-state index >= 15 is 0 Å². The molecule has 0 saturated heterocycles. The van der Waals surface area contributed by atoms with Crippen LogP contribution in [0.1, 0.15) is 21.5 Å². The van der Waals surface area contributed by atoms with Crippen molar-refractivity contribution in [3.05, 3.63) is 65.0 Å². The summed E-state index contributed by atoms with van der Waals surface area (Å²) in [5.41, 5.74) is 1.23. The molecule has 0 radical (unpaired) electrons. The number of primary sulfonamides is 1. The summed E-state index contributed by atoms with van der Waals surface area (Å²) in [6, 6.07) is 9.98. The Kier molecular flexibility index (Phi) is 4.58. The zero-order valence-electron chi connectivity index (χ0n) is 11.7. The van der Waals surface area contributed by atoms with E-state index in [4.69, 9.17) is 9.88 Å². The summed E-state index contributed by atoms with van der Waals surface area (Å²) in [7, 11) is -4.02. The summed E-state index contributed by atoms with van der Waals surface area (Å²) >= 11 is 0. The predicted octanol–water partition coefficient (Wildman–Crippen LogP) is 2.14. The van der Waals surface area contributed by atoms with Crippen molar-refractivity contribution in [1.29, 1.82) is 0 Å². The molecule has 0 saturated carbocycles. The topological polar surface area (TPSA) is 86.5 Å². The van der Waals surface area contributed by atoms with E-state index in [1.165, 1.54) is 0 Å². The van der Waals surface area contributed by atoms with E-state index in [0.29, 0.717) is 0 Å². The van der Waals surface area contributed by atoms with Crippen molar-refractivity contribution in [1.82, 2.24) is 0 Å². The van der Waals surface area contributed by atoms with Crippen LogP contribution in [0.25, 0.3) is 0 Å². The minimum atomic E-state index is -4.02. The van der Waals surface area contributed by atoms with Crippen LogP contribution in [0.2, 0.25) is 0 Å². The second kappa shape index (κ2) is 6.25. The maximum absolute atomic E-state index is 13.7. The van der Waals surface area contributed by atoms with Crippen LogP contribution in [-0.2, 0) is 21.4 Å². The molecule has 0 heterocycles. The van der Waals surface area contributed by atoms with Crippen LogP contribution < -0.4 is 5.14 Å². The number of carbonyl (C=O) groups is 1. The number of hydrogen-bond acceptors (Lipinski definition) is 4. The van der Waals surface area contributed by atoms with Crippen LogP contribution >= 0.6 is 0 Å². The Balaban J connectivity index is 2.21. The van der Waals surface area contributed by atoms with E-state index in [0.717, 1.165) is 29.3 Å². The van der Waals surface area contributed by atoms with E-state index < -0.39 is 27.4 Å². The number of halogens is 1. The Morgan fingerprint density at radius 1 is 1.23 bits per heavy atom. The lowest BCUT2D eigenvalue weighted by molar-refractivity contribution is 0.0466. The van der Waals surface area contributed by atoms with Gasteiger partial charge in [0.2, 0.25) is 10.0 Å². The van der Waals surface area contributed by atoms with Crippen molar-refractivity contribution in [2.24, 2.45) is 5.14 Å². The molecule has 5 nitrogen and oxygen atoms in total. The zero-order valence-corrected chi connectivity index (χ0v) is 12.6. The molecule has 0 aliphatic carbocycles. The van der Waals surface area contributed by atoms with Crippen molar-refractivity contribution >= 4 is 16.0 Å². The van der Waals surface area contributed by atoms with Gasteiger partial charge in [-0.2, -0.15) is 0 Å². The highest BCUT2D eigenvalue weighted by Crippen LogP contribution is 2.16. The monoisotopic (exact) mass is 323 g/mol. The third kappa shape index (κ3) is 3.69. The second-order valence-corrected chi connectivity index (χ2v) is 6.25. The molecule has 22 heavy (non-hydrogen) atoms. The molecule has 0 bridgehead atoms. The van der Waals surface area contributed by atoms with Gasteiger partial charge in [-0.1, -0.05) is 24.3 Å². The first-order valence-corrected chi connectivity index (χ1v) is 7.87. The van der Waals surface area contributed by atoms with Crippen LogP contribution in [-0.4, -0.2) is 14.4 Å². The molecule has 0 aromatic heterocycles. The summed E-state index contributed by atoms with van der Waals surface area (Å²) in [6.45, 7) is 1.82. The first kappa shape index (κ1) is 16.1. The lowest BCUT2D eigenvalue weighted by atomic mass is 10.1. The highest BCUT2D eigenvalue weighted by molar-refractivity contribution is 7.89. The maximum atomic E-state index is 13.7. The van der Waals surface area contributed by atoms with Crippen molar-refractivity contribution in [2.45, 2.75) is 18.4 Å². The van der Waals surface area contributed by atoms with Gasteiger partial charge in [-0.3, -0.25) is 0 Å². The van der Waals surface area contributed by atoms with Gasteiger partial charge < -0.3 is 4.74 Å². The Morgan fingerprint density at radius 3 is 2.55 bits per heavy atom. The fourth-order valence-corrected chi connectivity index (χ4v) is 2.37. The normalized spacial score (nSPS) is 11.2. The minimum Gasteiger partial charge on any atom is -0.457 e. The number of carbonyl (C=O) groups excluding carboxylic acids is 1. The molecule has 2 aromatic carbocycles. The van der Waals surface area contributed by atoms with E-state index in [2.05, 4.69) is 0 Å². The number of esters is 1. The summed E-state index contributed by atoms with van der Waals surface area (Å²) in [6.07, 6.45) is 0. The minimum absolute atomic E-state index is 0.0372. The van der Waals surface area contributed by atoms with E-state index in [-0.39, 0.29) is 11.5 Å². The molecule has 0 unspecified atom stereocenters. The van der Waals surface area contributed by atoms with Crippen molar-refractivity contribution < 1.29 is 22.3 Å².